The van der Waals surface area contributed by atoms with E-state index < -0.39 is 36.4 Å². The number of halogens is 3. The van der Waals surface area contributed by atoms with Crippen LogP contribution in [-0.2, 0) is 17.9 Å². The molecule has 0 aliphatic rings. The molecule has 4 N–H and O–H groups in total. The fraction of sp³-hybridized carbons (Fsp3) is 0.185. The van der Waals surface area contributed by atoms with Crippen molar-refractivity contribution in [1.82, 2.24) is 20.9 Å². The molecule has 0 bridgehead atoms. The Kier molecular flexibility index (Phi) is 10.6. The minimum Gasteiger partial charge on any atom is -0.480 e. The van der Waals surface area contributed by atoms with Crippen LogP contribution >= 0.6 is 34.8 Å². The molecule has 4 amide bonds. The first-order valence-electron chi connectivity index (χ1n) is 11.6. The number of amides is 4. The summed E-state index contributed by atoms with van der Waals surface area (Å²) in [5.74, 6) is -2.75. The maximum absolute atomic E-state index is 12.9. The molecule has 0 unspecified atom stereocenters. The summed E-state index contributed by atoms with van der Waals surface area (Å²) < 4.78 is 0. The zero-order valence-corrected chi connectivity index (χ0v) is 23.0. The molecule has 0 spiro atoms. The van der Waals surface area contributed by atoms with Gasteiger partial charge in [0.05, 0.1) is 22.2 Å². The van der Waals surface area contributed by atoms with Crippen LogP contribution in [0.1, 0.15) is 31.8 Å². The fourth-order valence-corrected chi connectivity index (χ4v) is 4.41. The maximum atomic E-state index is 12.9. The number of carboxylic acid groups (broad SMARTS) is 1. The molecule has 0 aromatic heterocycles. The van der Waals surface area contributed by atoms with E-state index in [2.05, 4.69) is 16.0 Å². The van der Waals surface area contributed by atoms with E-state index in [4.69, 9.17) is 34.8 Å². The van der Waals surface area contributed by atoms with Gasteiger partial charge in [0.15, 0.2) is 0 Å². The van der Waals surface area contributed by atoms with Crippen LogP contribution in [0.2, 0.25) is 15.1 Å². The summed E-state index contributed by atoms with van der Waals surface area (Å²) in [6, 6.07) is 16.7. The van der Waals surface area contributed by atoms with Crippen molar-refractivity contribution >= 4 is 58.6 Å². The summed E-state index contributed by atoms with van der Waals surface area (Å²) in [5.41, 5.74) is 1.57. The van der Waals surface area contributed by atoms with Gasteiger partial charge in [-0.3, -0.25) is 9.59 Å². The standard InChI is InChI=1S/C27H25Cl3N4O5/c1-34(15-16-6-3-2-4-7-16)27(39)32-14-22(26(37)38)33-25(36)23-20(29)11-18(12-21(23)30)24(35)31-13-17-8-5-9-19(28)10-17/h2-12,22H,13-15H2,1H3,(H,31,35)(H,32,39)(H,33,36)(H,37,38)/t22-/m0/s1. The molecule has 3 rings (SSSR count). The van der Waals surface area contributed by atoms with Gasteiger partial charge < -0.3 is 26.0 Å². The van der Waals surface area contributed by atoms with E-state index in [0.717, 1.165) is 11.1 Å². The molecule has 0 saturated carbocycles. The van der Waals surface area contributed by atoms with Gasteiger partial charge in [-0.05, 0) is 35.4 Å². The fourth-order valence-electron chi connectivity index (χ4n) is 3.54. The quantitative estimate of drug-likeness (QED) is 0.274. The highest BCUT2D eigenvalue weighted by atomic mass is 35.5. The van der Waals surface area contributed by atoms with Crippen molar-refractivity contribution in [2.75, 3.05) is 13.6 Å². The number of nitrogens with zero attached hydrogens (tertiary/aromatic N) is 1. The van der Waals surface area contributed by atoms with E-state index in [1.165, 1.54) is 17.0 Å². The van der Waals surface area contributed by atoms with Gasteiger partial charge >= 0.3 is 12.0 Å². The van der Waals surface area contributed by atoms with Crippen molar-refractivity contribution < 1.29 is 24.3 Å². The largest absolute Gasteiger partial charge is 0.480 e. The number of benzene rings is 3. The second-order valence-corrected chi connectivity index (χ2v) is 9.77. The average molecular weight is 592 g/mol. The molecular weight excluding hydrogens is 567 g/mol. The van der Waals surface area contributed by atoms with Crippen LogP contribution in [0.4, 0.5) is 4.79 Å². The first-order valence-corrected chi connectivity index (χ1v) is 12.8. The van der Waals surface area contributed by atoms with Gasteiger partial charge in [-0.15, -0.1) is 0 Å². The van der Waals surface area contributed by atoms with Gasteiger partial charge in [0, 0.05) is 30.7 Å². The smallest absolute Gasteiger partial charge is 0.328 e. The first kappa shape index (κ1) is 29.8. The Hall–Kier alpha value is -3.79. The van der Waals surface area contributed by atoms with E-state index in [9.17, 15) is 24.3 Å². The SMILES string of the molecule is CN(Cc1ccccc1)C(=O)NC[C@H](NC(=O)c1c(Cl)cc(C(=O)NCc2cccc(Cl)c2)cc1Cl)C(=O)O. The molecule has 204 valence electrons. The molecular formula is C27H25Cl3N4O5. The van der Waals surface area contributed by atoms with Gasteiger partial charge in [0.1, 0.15) is 6.04 Å². The lowest BCUT2D eigenvalue weighted by Gasteiger charge is -2.21. The highest BCUT2D eigenvalue weighted by Crippen LogP contribution is 2.27. The lowest BCUT2D eigenvalue weighted by Crippen LogP contribution is -2.50. The summed E-state index contributed by atoms with van der Waals surface area (Å²) in [6.45, 7) is 0.114. The second-order valence-electron chi connectivity index (χ2n) is 8.52. The van der Waals surface area contributed by atoms with Crippen LogP contribution in [0, 0.1) is 0 Å². The van der Waals surface area contributed by atoms with Crippen LogP contribution in [0.3, 0.4) is 0 Å². The molecule has 0 saturated heterocycles. The van der Waals surface area contributed by atoms with Crippen LogP contribution in [0.5, 0.6) is 0 Å². The molecule has 12 heteroatoms. The number of hydrogen-bond donors (Lipinski definition) is 4. The van der Waals surface area contributed by atoms with Crippen molar-refractivity contribution in [2.45, 2.75) is 19.1 Å². The van der Waals surface area contributed by atoms with Crippen molar-refractivity contribution in [2.24, 2.45) is 0 Å². The summed E-state index contributed by atoms with van der Waals surface area (Å²) in [5, 5.41) is 17.3. The molecule has 0 fully saturated rings. The number of hydrogen-bond acceptors (Lipinski definition) is 4. The van der Waals surface area contributed by atoms with Crippen molar-refractivity contribution in [3.8, 4) is 0 Å². The van der Waals surface area contributed by atoms with Crippen molar-refractivity contribution in [3.63, 3.8) is 0 Å². The molecule has 3 aromatic rings. The minimum absolute atomic E-state index is 0.104. The summed E-state index contributed by atoms with van der Waals surface area (Å²) >= 11 is 18.5. The number of carbonyl (C=O) groups is 4. The summed E-state index contributed by atoms with van der Waals surface area (Å²) in [7, 11) is 1.56. The normalized spacial score (nSPS) is 11.3. The van der Waals surface area contributed by atoms with E-state index in [1.54, 1.807) is 31.3 Å². The Labute approximate surface area is 240 Å². The van der Waals surface area contributed by atoms with Crippen LogP contribution < -0.4 is 16.0 Å². The monoisotopic (exact) mass is 590 g/mol. The van der Waals surface area contributed by atoms with Crippen LogP contribution in [-0.4, -0.2) is 53.5 Å². The lowest BCUT2D eigenvalue weighted by atomic mass is 10.1. The Bertz CT molecular complexity index is 1350. The molecule has 0 aliphatic heterocycles. The third kappa shape index (κ3) is 8.61. The number of aliphatic carboxylic acids is 1. The summed E-state index contributed by atoms with van der Waals surface area (Å²) in [6.07, 6.45) is 0. The Morgan fingerprint density at radius 3 is 2.10 bits per heavy atom. The molecule has 9 nitrogen and oxygen atoms in total. The molecule has 0 radical (unpaired) electrons. The van der Waals surface area contributed by atoms with Gasteiger partial charge in [-0.1, -0.05) is 77.3 Å². The van der Waals surface area contributed by atoms with Crippen LogP contribution in [0.25, 0.3) is 0 Å². The number of nitrogens with one attached hydrogen (secondary N) is 3. The zero-order chi connectivity index (χ0) is 28.5. The van der Waals surface area contributed by atoms with E-state index >= 15 is 0 Å². The third-order valence-corrected chi connectivity index (χ3v) is 6.37. The van der Waals surface area contributed by atoms with Crippen LogP contribution in [0.15, 0.2) is 66.7 Å². The number of urea groups is 1. The predicted molar refractivity (Wildman–Crippen MR) is 149 cm³/mol. The Morgan fingerprint density at radius 2 is 1.49 bits per heavy atom. The second kappa shape index (κ2) is 13.8. The predicted octanol–water partition coefficient (Wildman–Crippen LogP) is 4.60. The highest BCUT2D eigenvalue weighted by Gasteiger charge is 2.25. The minimum atomic E-state index is -1.47. The Balaban J connectivity index is 1.61. The van der Waals surface area contributed by atoms with E-state index in [0.29, 0.717) is 11.6 Å². The molecule has 1 atom stereocenters. The lowest BCUT2D eigenvalue weighted by molar-refractivity contribution is -0.139. The van der Waals surface area contributed by atoms with Gasteiger partial charge in [0.2, 0.25) is 0 Å². The maximum Gasteiger partial charge on any atom is 0.328 e. The van der Waals surface area contributed by atoms with Gasteiger partial charge in [-0.25, -0.2) is 9.59 Å². The van der Waals surface area contributed by atoms with Crippen molar-refractivity contribution in [1.29, 1.82) is 0 Å². The van der Waals surface area contributed by atoms with Crippen molar-refractivity contribution in [3.05, 3.63) is 104 Å². The molecule has 0 heterocycles. The first-order chi connectivity index (χ1) is 18.5. The molecule has 3 aromatic carbocycles. The Morgan fingerprint density at radius 1 is 0.846 bits per heavy atom. The molecule has 39 heavy (non-hydrogen) atoms. The zero-order valence-electron chi connectivity index (χ0n) is 20.7. The van der Waals surface area contributed by atoms with E-state index in [-0.39, 0.29) is 27.7 Å². The number of carboxylic acids is 1. The third-order valence-electron chi connectivity index (χ3n) is 5.54. The molecule has 0 aliphatic carbocycles. The highest BCUT2D eigenvalue weighted by molar-refractivity contribution is 6.40. The topological polar surface area (TPSA) is 128 Å². The number of carbonyl (C=O) groups excluding carboxylic acids is 3. The summed E-state index contributed by atoms with van der Waals surface area (Å²) in [4.78, 5) is 51.0. The van der Waals surface area contributed by atoms with Gasteiger partial charge in [0.25, 0.3) is 11.8 Å². The number of rotatable bonds is 10. The van der Waals surface area contributed by atoms with E-state index in [1.807, 2.05) is 30.3 Å². The average Bonchev–Trinajstić information content (AvgIpc) is 2.89. The van der Waals surface area contributed by atoms with Gasteiger partial charge in [-0.2, -0.15) is 0 Å².